The van der Waals surface area contributed by atoms with Gasteiger partial charge < -0.3 is 15.5 Å². The van der Waals surface area contributed by atoms with Crippen molar-refractivity contribution >= 4 is 35.0 Å². The van der Waals surface area contributed by atoms with E-state index in [2.05, 4.69) is 27.9 Å². The lowest BCUT2D eigenvalue weighted by Gasteiger charge is -2.33. The van der Waals surface area contributed by atoms with E-state index in [4.69, 9.17) is 16.3 Å². The van der Waals surface area contributed by atoms with E-state index in [1.807, 2.05) is 61.0 Å². The molecule has 0 unspecified atom stereocenters. The van der Waals surface area contributed by atoms with E-state index in [0.717, 1.165) is 35.5 Å². The summed E-state index contributed by atoms with van der Waals surface area (Å²) in [6.45, 7) is 6.55. The number of carbonyl (C=O) groups excluding carboxylic acids is 1. The van der Waals surface area contributed by atoms with Crippen LogP contribution in [0.2, 0.25) is 5.02 Å². The molecule has 0 saturated carbocycles. The van der Waals surface area contributed by atoms with Crippen LogP contribution in [0, 0.1) is 6.92 Å². The van der Waals surface area contributed by atoms with Gasteiger partial charge in [0.25, 0.3) is 0 Å². The Morgan fingerprint density at radius 1 is 1.22 bits per heavy atom. The van der Waals surface area contributed by atoms with Crippen LogP contribution in [0.25, 0.3) is 0 Å². The summed E-state index contributed by atoms with van der Waals surface area (Å²) in [7, 11) is 0. The van der Waals surface area contributed by atoms with Crippen LogP contribution < -0.4 is 15.5 Å². The van der Waals surface area contributed by atoms with Gasteiger partial charge in [0.1, 0.15) is 11.0 Å². The molecule has 0 bridgehead atoms. The van der Waals surface area contributed by atoms with E-state index in [1.165, 1.54) is 11.8 Å². The summed E-state index contributed by atoms with van der Waals surface area (Å²) in [5.74, 6) is 1.53. The summed E-state index contributed by atoms with van der Waals surface area (Å²) in [5.41, 5.74) is 6.00. The Morgan fingerprint density at radius 2 is 2.00 bits per heavy atom. The molecule has 4 rings (SSSR count). The van der Waals surface area contributed by atoms with Crippen molar-refractivity contribution in [2.75, 3.05) is 17.3 Å². The zero-order valence-electron chi connectivity index (χ0n) is 18.3. The largest absolute Gasteiger partial charge is 0.494 e. The van der Waals surface area contributed by atoms with Crippen molar-refractivity contribution in [1.82, 2.24) is 14.9 Å². The van der Waals surface area contributed by atoms with Gasteiger partial charge in [-0.05, 0) is 55.7 Å². The number of hydrogen-bond acceptors (Lipinski definition) is 6. The molecule has 0 fully saturated rings. The number of anilines is 1. The minimum atomic E-state index is -0.461. The topological polar surface area (TPSA) is 81.1 Å². The quantitative estimate of drug-likeness (QED) is 0.505. The Hall–Kier alpha value is -2.71. The van der Waals surface area contributed by atoms with Crippen molar-refractivity contribution in [3.05, 3.63) is 64.4 Å². The van der Waals surface area contributed by atoms with Crippen molar-refractivity contribution < 1.29 is 9.53 Å². The number of aryl methyl sites for hydroxylation is 1. The molecule has 2 aromatic carbocycles. The van der Waals surface area contributed by atoms with Crippen LogP contribution in [0.15, 0.2) is 47.6 Å². The molecular weight excluding hydrogens is 446 g/mol. The van der Waals surface area contributed by atoms with E-state index in [-0.39, 0.29) is 11.9 Å². The standard InChI is InChI=1S/C23H26ClN5O2S/c1-4-7-19-26-27-23-29(19)28-20(15-10-12-16(13-11-15)31-5-2)21(32-23)22(30)25-18-9-6-8-17(24)14(18)3/h6,8-13,20-21,28H,4-5,7H2,1-3H3,(H,25,30)/t20-,21+/m1/s1. The summed E-state index contributed by atoms with van der Waals surface area (Å²) >= 11 is 7.65. The molecule has 32 heavy (non-hydrogen) atoms. The third-order valence-electron chi connectivity index (χ3n) is 5.31. The van der Waals surface area contributed by atoms with Crippen LogP contribution in [0.5, 0.6) is 5.75 Å². The molecule has 1 aliphatic heterocycles. The molecule has 1 aromatic heterocycles. The number of fused-ring (bicyclic) bond motifs is 1. The SMILES string of the molecule is CCCc1nnc2n1N[C@H](c1ccc(OCC)cc1)[C@@H](C(=O)Nc1cccc(Cl)c1C)S2. The highest BCUT2D eigenvalue weighted by Gasteiger charge is 2.38. The Bertz CT molecular complexity index is 1100. The number of thioether (sulfide) groups is 1. The van der Waals surface area contributed by atoms with Crippen molar-refractivity contribution in [2.45, 2.75) is 50.1 Å². The van der Waals surface area contributed by atoms with Gasteiger partial charge in [-0.15, -0.1) is 10.2 Å². The van der Waals surface area contributed by atoms with Crippen molar-refractivity contribution in [3.8, 4) is 5.75 Å². The van der Waals surface area contributed by atoms with Crippen molar-refractivity contribution in [1.29, 1.82) is 0 Å². The van der Waals surface area contributed by atoms with Gasteiger partial charge in [0.2, 0.25) is 11.1 Å². The summed E-state index contributed by atoms with van der Waals surface area (Å²) < 4.78 is 7.48. The molecule has 168 valence electrons. The van der Waals surface area contributed by atoms with E-state index >= 15 is 0 Å². The zero-order chi connectivity index (χ0) is 22.7. The van der Waals surface area contributed by atoms with Gasteiger partial charge in [-0.25, -0.2) is 4.68 Å². The number of rotatable bonds is 7. The second-order valence-corrected chi connectivity index (χ2v) is 9.05. The van der Waals surface area contributed by atoms with Crippen molar-refractivity contribution in [2.24, 2.45) is 0 Å². The number of aromatic nitrogens is 3. The number of halogens is 1. The smallest absolute Gasteiger partial charge is 0.240 e. The van der Waals surface area contributed by atoms with E-state index in [9.17, 15) is 4.79 Å². The van der Waals surface area contributed by atoms with Crippen LogP contribution >= 0.6 is 23.4 Å². The molecule has 1 amide bonds. The van der Waals surface area contributed by atoms with Gasteiger partial charge in [-0.2, -0.15) is 0 Å². The Kier molecular flexibility index (Phi) is 6.91. The second-order valence-electron chi connectivity index (χ2n) is 7.53. The first-order valence-corrected chi connectivity index (χ1v) is 11.9. The number of nitrogens with zero attached hydrogens (tertiary/aromatic N) is 3. The third-order valence-corrected chi connectivity index (χ3v) is 6.94. The minimum absolute atomic E-state index is 0.127. The van der Waals surface area contributed by atoms with Crippen LogP contribution in [0.4, 0.5) is 5.69 Å². The third kappa shape index (κ3) is 4.56. The first-order valence-electron chi connectivity index (χ1n) is 10.7. The van der Waals surface area contributed by atoms with Gasteiger partial charge >= 0.3 is 0 Å². The fraction of sp³-hybridized carbons (Fsp3) is 0.348. The predicted molar refractivity (Wildman–Crippen MR) is 128 cm³/mol. The normalized spacial score (nSPS) is 17.4. The Labute approximate surface area is 196 Å². The molecule has 2 heterocycles. The Balaban J connectivity index is 1.66. The maximum Gasteiger partial charge on any atom is 0.240 e. The molecule has 7 nitrogen and oxygen atoms in total. The first-order chi connectivity index (χ1) is 15.5. The predicted octanol–water partition coefficient (Wildman–Crippen LogP) is 4.99. The lowest BCUT2D eigenvalue weighted by molar-refractivity contribution is -0.116. The van der Waals surface area contributed by atoms with E-state index < -0.39 is 5.25 Å². The molecule has 1 aliphatic rings. The fourth-order valence-electron chi connectivity index (χ4n) is 3.62. The summed E-state index contributed by atoms with van der Waals surface area (Å²) in [6.07, 6.45) is 1.76. The molecule has 0 spiro atoms. The first kappa shape index (κ1) is 22.5. The average molecular weight is 472 g/mol. The van der Waals surface area contributed by atoms with E-state index in [1.54, 1.807) is 0 Å². The number of nitrogens with one attached hydrogen (secondary N) is 2. The number of ether oxygens (including phenoxy) is 1. The summed E-state index contributed by atoms with van der Waals surface area (Å²) in [5, 5.41) is 12.5. The highest BCUT2D eigenvalue weighted by Crippen LogP contribution is 2.38. The van der Waals surface area contributed by atoms with Gasteiger partial charge in [-0.3, -0.25) is 4.79 Å². The van der Waals surface area contributed by atoms with Crippen molar-refractivity contribution in [3.63, 3.8) is 0 Å². The number of hydrogen-bond donors (Lipinski definition) is 2. The van der Waals surface area contributed by atoms with Gasteiger partial charge in [-0.1, -0.05) is 48.5 Å². The van der Waals surface area contributed by atoms with Crippen LogP contribution in [-0.2, 0) is 11.2 Å². The van der Waals surface area contributed by atoms with Crippen LogP contribution in [-0.4, -0.2) is 32.6 Å². The second kappa shape index (κ2) is 9.83. The maximum atomic E-state index is 13.4. The minimum Gasteiger partial charge on any atom is -0.494 e. The maximum absolute atomic E-state index is 13.4. The number of benzene rings is 2. The lowest BCUT2D eigenvalue weighted by Crippen LogP contribution is -2.41. The fourth-order valence-corrected chi connectivity index (χ4v) is 4.89. The summed E-state index contributed by atoms with van der Waals surface area (Å²) in [4.78, 5) is 13.4. The molecule has 0 saturated heterocycles. The number of carbonyl (C=O) groups is 1. The molecule has 2 atom stereocenters. The highest BCUT2D eigenvalue weighted by atomic mass is 35.5. The highest BCUT2D eigenvalue weighted by molar-refractivity contribution is 8.00. The average Bonchev–Trinajstić information content (AvgIpc) is 3.19. The van der Waals surface area contributed by atoms with Crippen LogP contribution in [0.1, 0.15) is 43.3 Å². The van der Waals surface area contributed by atoms with E-state index in [0.29, 0.717) is 22.5 Å². The molecule has 3 aromatic rings. The molecule has 9 heteroatoms. The van der Waals surface area contributed by atoms with Gasteiger partial charge in [0.05, 0.1) is 12.6 Å². The summed E-state index contributed by atoms with van der Waals surface area (Å²) in [6, 6.07) is 13.0. The van der Waals surface area contributed by atoms with Crippen LogP contribution in [0.3, 0.4) is 0 Å². The number of amides is 1. The zero-order valence-corrected chi connectivity index (χ0v) is 19.8. The van der Waals surface area contributed by atoms with Gasteiger partial charge in [0.15, 0.2) is 5.82 Å². The van der Waals surface area contributed by atoms with Gasteiger partial charge in [0, 0.05) is 17.1 Å². The molecule has 2 N–H and O–H groups in total. The lowest BCUT2D eigenvalue weighted by atomic mass is 10.0. The molecule has 0 aliphatic carbocycles. The monoisotopic (exact) mass is 471 g/mol. The Morgan fingerprint density at radius 3 is 2.72 bits per heavy atom. The molecule has 0 radical (unpaired) electrons. The molecular formula is C23H26ClN5O2S.